The Bertz CT molecular complexity index is 738. The Morgan fingerprint density at radius 1 is 1.33 bits per heavy atom. The maximum absolute atomic E-state index is 12.4. The molecule has 0 unspecified atom stereocenters. The van der Waals surface area contributed by atoms with Gasteiger partial charge in [-0.3, -0.25) is 4.79 Å². The minimum absolute atomic E-state index is 0.137. The number of rotatable bonds is 4. The zero-order chi connectivity index (χ0) is 17.3. The van der Waals surface area contributed by atoms with Crippen LogP contribution >= 0.6 is 0 Å². The first-order chi connectivity index (χ1) is 11.5. The Balaban J connectivity index is 1.64. The second kappa shape index (κ2) is 6.87. The van der Waals surface area contributed by atoms with Crippen LogP contribution in [0.5, 0.6) is 0 Å². The van der Waals surface area contributed by atoms with Gasteiger partial charge in [0, 0.05) is 23.9 Å². The quantitative estimate of drug-likeness (QED) is 0.936. The van der Waals surface area contributed by atoms with Gasteiger partial charge in [-0.15, -0.1) is 0 Å². The van der Waals surface area contributed by atoms with E-state index in [9.17, 15) is 4.79 Å². The van der Waals surface area contributed by atoms with E-state index in [0.717, 1.165) is 23.4 Å². The summed E-state index contributed by atoms with van der Waals surface area (Å²) in [4.78, 5) is 21.0. The molecule has 0 aliphatic heterocycles. The predicted octanol–water partition coefficient (Wildman–Crippen LogP) is 2.61. The number of carbonyl (C=O) groups excluding carboxylic acids is 1. The fraction of sp³-hybridized carbons (Fsp3) is 0.667. The number of nitrogens with one attached hydrogen (secondary N) is 1. The van der Waals surface area contributed by atoms with Crippen LogP contribution in [0.25, 0.3) is 5.78 Å². The van der Waals surface area contributed by atoms with Crippen LogP contribution < -0.4 is 5.32 Å². The lowest BCUT2D eigenvalue weighted by Gasteiger charge is -2.34. The van der Waals surface area contributed by atoms with Gasteiger partial charge in [0.25, 0.3) is 5.78 Å². The van der Waals surface area contributed by atoms with Crippen molar-refractivity contribution in [3.8, 4) is 0 Å². The Morgan fingerprint density at radius 2 is 2.12 bits per heavy atom. The number of hydrogen-bond donors (Lipinski definition) is 1. The van der Waals surface area contributed by atoms with Crippen molar-refractivity contribution in [2.24, 2.45) is 11.8 Å². The van der Waals surface area contributed by atoms with Crippen molar-refractivity contribution in [2.75, 3.05) is 0 Å². The molecule has 3 atom stereocenters. The number of fused-ring (bicyclic) bond motifs is 1. The molecule has 2 aromatic heterocycles. The molecule has 1 amide bonds. The maximum Gasteiger partial charge on any atom is 0.252 e. The molecule has 1 saturated carbocycles. The molecule has 0 saturated heterocycles. The van der Waals surface area contributed by atoms with Gasteiger partial charge in [0.15, 0.2) is 0 Å². The van der Waals surface area contributed by atoms with E-state index in [2.05, 4.69) is 34.2 Å². The van der Waals surface area contributed by atoms with Crippen LogP contribution in [-0.2, 0) is 11.2 Å². The summed E-state index contributed by atoms with van der Waals surface area (Å²) in [6.45, 7) is 8.52. The largest absolute Gasteiger partial charge is 0.353 e. The van der Waals surface area contributed by atoms with Crippen molar-refractivity contribution >= 4 is 11.7 Å². The number of aromatic nitrogens is 4. The average Bonchev–Trinajstić information content (AvgIpc) is 3.00. The van der Waals surface area contributed by atoms with Gasteiger partial charge in [-0.1, -0.05) is 26.7 Å². The zero-order valence-corrected chi connectivity index (χ0v) is 15.0. The minimum Gasteiger partial charge on any atom is -0.353 e. The molecule has 0 bridgehead atoms. The molecular formula is C18H27N5O. The smallest absolute Gasteiger partial charge is 0.252 e. The third kappa shape index (κ3) is 3.28. The van der Waals surface area contributed by atoms with Crippen LogP contribution in [-0.4, -0.2) is 31.5 Å². The van der Waals surface area contributed by atoms with Gasteiger partial charge in [-0.25, -0.2) is 9.50 Å². The first-order valence-electron chi connectivity index (χ1n) is 8.92. The highest BCUT2D eigenvalue weighted by atomic mass is 16.1. The molecule has 1 aliphatic carbocycles. The fourth-order valence-corrected chi connectivity index (χ4v) is 3.82. The SMILES string of the molecule is Cc1nc2ncnn2c(C)c1CCC(=O)N[C@@H]1CCC[C@@H](C)[C@H]1C. The summed E-state index contributed by atoms with van der Waals surface area (Å²) >= 11 is 0. The summed E-state index contributed by atoms with van der Waals surface area (Å²) in [5, 5.41) is 7.45. The molecule has 3 rings (SSSR count). The molecule has 6 heteroatoms. The van der Waals surface area contributed by atoms with Crippen molar-refractivity contribution in [1.82, 2.24) is 24.9 Å². The lowest BCUT2D eigenvalue weighted by molar-refractivity contribution is -0.122. The standard InChI is InChI=1S/C18H27N5O/c1-11-6-5-7-16(12(11)2)22-17(24)9-8-15-13(3)21-18-19-10-20-23(18)14(15)4/h10-12,16H,5-9H2,1-4H3,(H,22,24)/t11-,12-,16-/m1/s1. The molecular weight excluding hydrogens is 302 g/mol. The molecule has 2 aromatic rings. The summed E-state index contributed by atoms with van der Waals surface area (Å²) in [5.41, 5.74) is 3.04. The topological polar surface area (TPSA) is 72.2 Å². The third-order valence-corrected chi connectivity index (χ3v) is 5.64. The molecule has 1 N–H and O–H groups in total. The normalized spacial score (nSPS) is 24.2. The lowest BCUT2D eigenvalue weighted by atomic mass is 9.78. The molecule has 24 heavy (non-hydrogen) atoms. The Kier molecular flexibility index (Phi) is 4.83. The molecule has 1 aliphatic rings. The van der Waals surface area contributed by atoms with Crippen LogP contribution in [0.2, 0.25) is 0 Å². The predicted molar refractivity (Wildman–Crippen MR) is 92.7 cm³/mol. The van der Waals surface area contributed by atoms with Gasteiger partial charge in [-0.05, 0) is 44.1 Å². The van der Waals surface area contributed by atoms with Gasteiger partial charge >= 0.3 is 0 Å². The molecule has 0 aromatic carbocycles. The molecule has 0 radical (unpaired) electrons. The van der Waals surface area contributed by atoms with Gasteiger partial charge in [0.2, 0.25) is 5.91 Å². The van der Waals surface area contributed by atoms with E-state index in [1.165, 1.54) is 19.2 Å². The number of carbonyl (C=O) groups is 1. The van der Waals surface area contributed by atoms with E-state index < -0.39 is 0 Å². The van der Waals surface area contributed by atoms with Crippen molar-refractivity contribution < 1.29 is 4.79 Å². The molecule has 2 heterocycles. The molecule has 0 spiro atoms. The van der Waals surface area contributed by atoms with Crippen molar-refractivity contribution in [3.05, 3.63) is 23.3 Å². The second-order valence-corrected chi connectivity index (χ2v) is 7.17. The number of amides is 1. The third-order valence-electron chi connectivity index (χ3n) is 5.64. The maximum atomic E-state index is 12.4. The lowest BCUT2D eigenvalue weighted by Crippen LogP contribution is -2.43. The molecule has 130 valence electrons. The Morgan fingerprint density at radius 3 is 2.92 bits per heavy atom. The first kappa shape index (κ1) is 16.9. The first-order valence-corrected chi connectivity index (χ1v) is 8.92. The Hall–Kier alpha value is -1.98. The zero-order valence-electron chi connectivity index (χ0n) is 15.0. The van der Waals surface area contributed by atoms with E-state index in [1.807, 2.05) is 13.8 Å². The van der Waals surface area contributed by atoms with E-state index in [1.54, 1.807) is 4.52 Å². The van der Waals surface area contributed by atoms with Gasteiger partial charge in [0.1, 0.15) is 6.33 Å². The highest BCUT2D eigenvalue weighted by Gasteiger charge is 2.28. The van der Waals surface area contributed by atoms with E-state index in [0.29, 0.717) is 36.5 Å². The van der Waals surface area contributed by atoms with Crippen LogP contribution in [0.4, 0.5) is 0 Å². The molecule has 1 fully saturated rings. The highest BCUT2D eigenvalue weighted by molar-refractivity contribution is 5.76. The number of hydrogen-bond acceptors (Lipinski definition) is 4. The minimum atomic E-state index is 0.137. The average molecular weight is 329 g/mol. The Labute approximate surface area is 143 Å². The van der Waals surface area contributed by atoms with Gasteiger partial charge in [-0.2, -0.15) is 10.1 Å². The van der Waals surface area contributed by atoms with Gasteiger partial charge < -0.3 is 5.32 Å². The highest BCUT2D eigenvalue weighted by Crippen LogP contribution is 2.29. The fourth-order valence-electron chi connectivity index (χ4n) is 3.82. The van der Waals surface area contributed by atoms with E-state index >= 15 is 0 Å². The van der Waals surface area contributed by atoms with E-state index in [-0.39, 0.29) is 5.91 Å². The summed E-state index contributed by atoms with van der Waals surface area (Å²) in [6.07, 6.45) is 6.26. The van der Waals surface area contributed by atoms with Crippen molar-refractivity contribution in [2.45, 2.75) is 65.8 Å². The summed E-state index contributed by atoms with van der Waals surface area (Å²) in [6, 6.07) is 0.319. The number of aryl methyl sites for hydroxylation is 2. The van der Waals surface area contributed by atoms with Crippen molar-refractivity contribution in [1.29, 1.82) is 0 Å². The summed E-state index contributed by atoms with van der Waals surface area (Å²) in [7, 11) is 0. The van der Waals surface area contributed by atoms with Crippen LogP contribution in [0.15, 0.2) is 6.33 Å². The second-order valence-electron chi connectivity index (χ2n) is 7.17. The molecule has 6 nitrogen and oxygen atoms in total. The summed E-state index contributed by atoms with van der Waals surface area (Å²) < 4.78 is 1.74. The van der Waals surface area contributed by atoms with Crippen molar-refractivity contribution in [3.63, 3.8) is 0 Å². The van der Waals surface area contributed by atoms with Crippen LogP contribution in [0, 0.1) is 25.7 Å². The van der Waals surface area contributed by atoms with Gasteiger partial charge in [0.05, 0.1) is 0 Å². The van der Waals surface area contributed by atoms with Crippen LogP contribution in [0.3, 0.4) is 0 Å². The summed E-state index contributed by atoms with van der Waals surface area (Å²) in [5.74, 6) is 1.99. The monoisotopic (exact) mass is 329 g/mol. The van der Waals surface area contributed by atoms with E-state index in [4.69, 9.17) is 0 Å². The number of nitrogens with zero attached hydrogens (tertiary/aromatic N) is 4. The van der Waals surface area contributed by atoms with Crippen LogP contribution in [0.1, 0.15) is 56.5 Å².